The molecule has 0 bridgehead atoms. The van der Waals surface area contributed by atoms with Gasteiger partial charge in [-0.05, 0) is 49.7 Å². The predicted octanol–water partition coefficient (Wildman–Crippen LogP) is 5.58. The van der Waals surface area contributed by atoms with Crippen LogP contribution in [0.25, 0.3) is 0 Å². The lowest BCUT2D eigenvalue weighted by molar-refractivity contribution is 0.0953. The number of fused-ring (bicyclic) bond motifs is 2. The number of carbonyl (C=O) groups is 1. The van der Waals surface area contributed by atoms with Gasteiger partial charge < -0.3 is 5.32 Å². The Bertz CT molecular complexity index is 817. The van der Waals surface area contributed by atoms with Crippen molar-refractivity contribution in [1.29, 1.82) is 0 Å². The van der Waals surface area contributed by atoms with Crippen molar-refractivity contribution in [1.82, 2.24) is 5.32 Å². The first-order valence-electron chi connectivity index (χ1n) is 8.04. The van der Waals surface area contributed by atoms with Gasteiger partial charge in [-0.1, -0.05) is 41.0 Å². The van der Waals surface area contributed by atoms with Gasteiger partial charge in [0.25, 0.3) is 5.91 Å². The third-order valence-corrected chi connectivity index (χ3v) is 5.51. The van der Waals surface area contributed by atoms with E-state index in [1.54, 1.807) is 11.8 Å². The number of hydrogen-bond acceptors (Lipinski definition) is 3. The third-order valence-electron chi connectivity index (χ3n) is 3.88. The fourth-order valence-electron chi connectivity index (χ4n) is 2.55. The number of nitrogens with one attached hydrogen (secondary N) is 1. The standard InChI is InChI=1S/C19H19BrN2OS/c1-3-4-9-21-19(23)13-5-7-18-16(10-13)22-12(2)15-11-14(20)6-8-17(15)24-18/h5-8,10-11H,3-4,9H2,1-2H3,(H,21,23). The van der Waals surface area contributed by atoms with Crippen molar-refractivity contribution < 1.29 is 4.79 Å². The lowest BCUT2D eigenvalue weighted by Gasteiger charge is -2.08. The van der Waals surface area contributed by atoms with Gasteiger partial charge in [0.05, 0.1) is 5.69 Å². The lowest BCUT2D eigenvalue weighted by atomic mass is 10.1. The van der Waals surface area contributed by atoms with Gasteiger partial charge in [0, 0.05) is 37.6 Å². The molecule has 0 fully saturated rings. The highest BCUT2D eigenvalue weighted by molar-refractivity contribution is 9.10. The Balaban J connectivity index is 1.92. The fourth-order valence-corrected chi connectivity index (χ4v) is 3.94. The minimum atomic E-state index is -0.0337. The monoisotopic (exact) mass is 402 g/mol. The molecule has 3 rings (SSSR count). The SMILES string of the molecule is CCCCNC(=O)c1ccc2c(c1)N=C(C)c1cc(Br)ccc1S2. The first-order valence-corrected chi connectivity index (χ1v) is 9.64. The van der Waals surface area contributed by atoms with Crippen molar-refractivity contribution in [2.75, 3.05) is 6.54 Å². The molecule has 1 aliphatic heterocycles. The predicted molar refractivity (Wildman–Crippen MR) is 104 cm³/mol. The molecule has 0 aromatic heterocycles. The van der Waals surface area contributed by atoms with E-state index < -0.39 is 0 Å². The third kappa shape index (κ3) is 3.73. The summed E-state index contributed by atoms with van der Waals surface area (Å²) in [6, 6.07) is 12.0. The summed E-state index contributed by atoms with van der Waals surface area (Å²) >= 11 is 5.21. The number of hydrogen-bond donors (Lipinski definition) is 1. The highest BCUT2D eigenvalue weighted by atomic mass is 79.9. The van der Waals surface area contributed by atoms with Crippen LogP contribution < -0.4 is 5.32 Å². The number of carbonyl (C=O) groups excluding carboxylic acids is 1. The van der Waals surface area contributed by atoms with Crippen molar-refractivity contribution in [2.24, 2.45) is 4.99 Å². The first-order chi connectivity index (χ1) is 11.6. The summed E-state index contributed by atoms with van der Waals surface area (Å²) in [6.45, 7) is 4.83. The van der Waals surface area contributed by atoms with E-state index in [2.05, 4.69) is 40.3 Å². The van der Waals surface area contributed by atoms with Crippen molar-refractivity contribution >= 4 is 45.0 Å². The van der Waals surface area contributed by atoms with E-state index in [4.69, 9.17) is 4.99 Å². The van der Waals surface area contributed by atoms with Crippen molar-refractivity contribution in [2.45, 2.75) is 36.5 Å². The van der Waals surface area contributed by atoms with Gasteiger partial charge in [-0.25, -0.2) is 0 Å². The van der Waals surface area contributed by atoms with Gasteiger partial charge in [-0.2, -0.15) is 0 Å². The molecule has 3 nitrogen and oxygen atoms in total. The zero-order chi connectivity index (χ0) is 17.1. The maximum atomic E-state index is 12.3. The van der Waals surface area contributed by atoms with Gasteiger partial charge in [0.1, 0.15) is 0 Å². The zero-order valence-electron chi connectivity index (χ0n) is 13.7. The number of rotatable bonds is 4. The second-order valence-electron chi connectivity index (χ2n) is 5.73. The van der Waals surface area contributed by atoms with E-state index in [0.717, 1.165) is 39.2 Å². The largest absolute Gasteiger partial charge is 0.352 e. The van der Waals surface area contributed by atoms with E-state index in [9.17, 15) is 4.79 Å². The number of halogens is 1. The Labute approximate surface area is 155 Å². The molecule has 1 aliphatic rings. The zero-order valence-corrected chi connectivity index (χ0v) is 16.1. The highest BCUT2D eigenvalue weighted by Gasteiger charge is 2.17. The van der Waals surface area contributed by atoms with E-state index in [-0.39, 0.29) is 5.91 Å². The molecular weight excluding hydrogens is 384 g/mol. The average molecular weight is 403 g/mol. The van der Waals surface area contributed by atoms with Crippen molar-refractivity contribution in [3.63, 3.8) is 0 Å². The summed E-state index contributed by atoms with van der Waals surface area (Å²) in [5.41, 5.74) is 3.60. The number of aliphatic imine (C=N–C) groups is 1. The molecule has 2 aromatic rings. The molecule has 0 atom stereocenters. The number of amides is 1. The van der Waals surface area contributed by atoms with Gasteiger partial charge in [0.15, 0.2) is 0 Å². The minimum Gasteiger partial charge on any atom is -0.352 e. The average Bonchev–Trinajstić information content (AvgIpc) is 2.70. The molecular formula is C19H19BrN2OS. The Kier molecular flexibility index (Phi) is 5.41. The molecule has 0 aliphatic carbocycles. The molecule has 0 saturated heterocycles. The molecule has 1 heterocycles. The molecule has 1 amide bonds. The normalized spacial score (nSPS) is 12.7. The molecule has 5 heteroatoms. The highest BCUT2D eigenvalue weighted by Crippen LogP contribution is 2.41. The topological polar surface area (TPSA) is 41.5 Å². The van der Waals surface area contributed by atoms with Crippen LogP contribution in [0.4, 0.5) is 5.69 Å². The van der Waals surface area contributed by atoms with Crippen LogP contribution in [0.5, 0.6) is 0 Å². The van der Waals surface area contributed by atoms with E-state index in [0.29, 0.717) is 12.1 Å². The van der Waals surface area contributed by atoms with E-state index >= 15 is 0 Å². The Morgan fingerprint density at radius 3 is 2.79 bits per heavy atom. The van der Waals surface area contributed by atoms with Crippen molar-refractivity contribution in [3.05, 3.63) is 52.0 Å². The van der Waals surface area contributed by atoms with Gasteiger partial charge in [0.2, 0.25) is 0 Å². The van der Waals surface area contributed by atoms with Crippen LogP contribution in [0.1, 0.15) is 42.6 Å². The van der Waals surface area contributed by atoms with Crippen LogP contribution in [-0.2, 0) is 0 Å². The molecule has 0 radical (unpaired) electrons. The molecule has 1 N–H and O–H groups in total. The van der Waals surface area contributed by atoms with Crippen LogP contribution >= 0.6 is 27.7 Å². The Hall–Kier alpha value is -1.59. The number of benzene rings is 2. The summed E-state index contributed by atoms with van der Waals surface area (Å²) in [7, 11) is 0. The number of nitrogens with zero attached hydrogens (tertiary/aromatic N) is 1. The maximum Gasteiger partial charge on any atom is 0.251 e. The molecule has 0 unspecified atom stereocenters. The van der Waals surface area contributed by atoms with Crippen molar-refractivity contribution in [3.8, 4) is 0 Å². The van der Waals surface area contributed by atoms with Gasteiger partial charge >= 0.3 is 0 Å². The van der Waals surface area contributed by atoms with E-state index in [1.165, 1.54) is 4.90 Å². The van der Waals surface area contributed by atoms with Crippen LogP contribution in [0, 0.1) is 0 Å². The van der Waals surface area contributed by atoms with Crippen LogP contribution in [0.15, 0.2) is 55.7 Å². The second-order valence-corrected chi connectivity index (χ2v) is 7.73. The van der Waals surface area contributed by atoms with Gasteiger partial charge in [-0.3, -0.25) is 9.79 Å². The summed E-state index contributed by atoms with van der Waals surface area (Å²) in [5, 5.41) is 2.96. The Morgan fingerprint density at radius 2 is 2.00 bits per heavy atom. The summed E-state index contributed by atoms with van der Waals surface area (Å²) < 4.78 is 1.04. The van der Waals surface area contributed by atoms with Crippen LogP contribution in [0.2, 0.25) is 0 Å². The molecule has 2 aromatic carbocycles. The minimum absolute atomic E-state index is 0.0337. The Morgan fingerprint density at radius 1 is 1.21 bits per heavy atom. The second kappa shape index (κ2) is 7.53. The molecule has 124 valence electrons. The summed E-state index contributed by atoms with van der Waals surface area (Å²) in [5.74, 6) is -0.0337. The quantitative estimate of drug-likeness (QED) is 0.677. The first kappa shape index (κ1) is 17.2. The van der Waals surface area contributed by atoms with Gasteiger partial charge in [-0.15, -0.1) is 0 Å². The molecule has 24 heavy (non-hydrogen) atoms. The van der Waals surface area contributed by atoms with Crippen LogP contribution in [0.3, 0.4) is 0 Å². The van der Waals surface area contributed by atoms with E-state index in [1.807, 2.05) is 31.2 Å². The smallest absolute Gasteiger partial charge is 0.251 e. The lowest BCUT2D eigenvalue weighted by Crippen LogP contribution is -2.24. The summed E-state index contributed by atoms with van der Waals surface area (Å²) in [6.07, 6.45) is 2.06. The number of unbranched alkanes of at least 4 members (excludes halogenated alkanes) is 1. The molecule has 0 saturated carbocycles. The van der Waals surface area contributed by atoms with Crippen LogP contribution in [-0.4, -0.2) is 18.2 Å². The fraction of sp³-hybridized carbons (Fsp3) is 0.263. The maximum absolute atomic E-state index is 12.3. The summed E-state index contributed by atoms with van der Waals surface area (Å²) in [4.78, 5) is 19.3. The molecule has 0 spiro atoms.